The first kappa shape index (κ1) is 18.4. The molecule has 0 aliphatic heterocycles. The van der Waals surface area contributed by atoms with Gasteiger partial charge < -0.3 is 10.1 Å². The van der Waals surface area contributed by atoms with Gasteiger partial charge in [0.1, 0.15) is 5.75 Å². The number of hydrogen-bond donors (Lipinski definition) is 1. The number of benzene rings is 2. The fourth-order valence-corrected chi connectivity index (χ4v) is 3.13. The molecule has 0 saturated heterocycles. The van der Waals surface area contributed by atoms with Gasteiger partial charge in [0.2, 0.25) is 5.91 Å². The van der Waals surface area contributed by atoms with E-state index >= 15 is 0 Å². The maximum absolute atomic E-state index is 12.1. The predicted octanol–water partition coefficient (Wildman–Crippen LogP) is 4.50. The highest BCUT2D eigenvalue weighted by molar-refractivity contribution is 7.99. The number of hydrogen-bond acceptors (Lipinski definition) is 3. The quantitative estimate of drug-likeness (QED) is 0.767. The first-order chi connectivity index (χ1) is 11.6. The molecule has 0 radical (unpaired) electrons. The molecule has 2 aromatic carbocycles. The van der Waals surface area contributed by atoms with E-state index in [1.165, 1.54) is 11.1 Å². The second-order valence-electron chi connectivity index (χ2n) is 5.77. The van der Waals surface area contributed by atoms with Crippen LogP contribution in [0.15, 0.2) is 48.5 Å². The lowest BCUT2D eigenvalue weighted by Crippen LogP contribution is -2.28. The molecule has 0 aliphatic carbocycles. The van der Waals surface area contributed by atoms with E-state index < -0.39 is 0 Å². The lowest BCUT2D eigenvalue weighted by atomic mass is 10.1. The average molecular weight is 343 g/mol. The van der Waals surface area contributed by atoms with Crippen molar-refractivity contribution in [3.05, 3.63) is 65.2 Å². The van der Waals surface area contributed by atoms with Gasteiger partial charge in [0.15, 0.2) is 0 Å². The minimum Gasteiger partial charge on any atom is -0.494 e. The van der Waals surface area contributed by atoms with Gasteiger partial charge in [0.05, 0.1) is 18.4 Å². The third-order valence-electron chi connectivity index (χ3n) is 3.69. The molecule has 1 atom stereocenters. The first-order valence-corrected chi connectivity index (χ1v) is 9.39. The second-order valence-corrected chi connectivity index (χ2v) is 6.76. The van der Waals surface area contributed by atoms with E-state index in [9.17, 15) is 4.79 Å². The van der Waals surface area contributed by atoms with Crippen LogP contribution in [-0.2, 0) is 10.5 Å². The molecule has 4 heteroatoms. The van der Waals surface area contributed by atoms with Crippen LogP contribution in [-0.4, -0.2) is 18.3 Å². The molecule has 0 bridgehead atoms. The summed E-state index contributed by atoms with van der Waals surface area (Å²) in [4.78, 5) is 12.1. The van der Waals surface area contributed by atoms with Crippen LogP contribution < -0.4 is 10.1 Å². The van der Waals surface area contributed by atoms with Gasteiger partial charge in [-0.05, 0) is 44.0 Å². The molecule has 24 heavy (non-hydrogen) atoms. The monoisotopic (exact) mass is 343 g/mol. The molecule has 2 rings (SSSR count). The van der Waals surface area contributed by atoms with Crippen molar-refractivity contribution in [1.82, 2.24) is 5.32 Å². The van der Waals surface area contributed by atoms with Crippen LogP contribution >= 0.6 is 11.8 Å². The summed E-state index contributed by atoms with van der Waals surface area (Å²) in [5, 5.41) is 3.04. The average Bonchev–Trinajstić information content (AvgIpc) is 2.57. The Labute approximate surface area is 148 Å². The maximum Gasteiger partial charge on any atom is 0.230 e. The fraction of sp³-hybridized carbons (Fsp3) is 0.350. The zero-order valence-electron chi connectivity index (χ0n) is 14.5. The van der Waals surface area contributed by atoms with Crippen molar-refractivity contribution in [2.24, 2.45) is 0 Å². The fourth-order valence-electron chi connectivity index (χ4n) is 2.33. The summed E-state index contributed by atoms with van der Waals surface area (Å²) in [7, 11) is 0. The summed E-state index contributed by atoms with van der Waals surface area (Å²) in [6, 6.07) is 16.3. The van der Waals surface area contributed by atoms with Crippen molar-refractivity contribution in [1.29, 1.82) is 0 Å². The van der Waals surface area contributed by atoms with E-state index in [-0.39, 0.29) is 11.9 Å². The number of amides is 1. The molecule has 0 fully saturated rings. The number of aryl methyl sites for hydroxylation is 1. The smallest absolute Gasteiger partial charge is 0.230 e. The summed E-state index contributed by atoms with van der Waals surface area (Å²) < 4.78 is 5.43. The van der Waals surface area contributed by atoms with E-state index in [0.717, 1.165) is 17.1 Å². The highest BCUT2D eigenvalue weighted by Crippen LogP contribution is 2.18. The summed E-state index contributed by atoms with van der Waals surface area (Å²) >= 11 is 1.63. The SMILES string of the molecule is CCOc1ccc([C@@H](C)NC(=O)CSCc2ccc(C)cc2)cc1. The highest BCUT2D eigenvalue weighted by Gasteiger charge is 2.10. The zero-order valence-corrected chi connectivity index (χ0v) is 15.4. The van der Waals surface area contributed by atoms with Gasteiger partial charge in [-0.15, -0.1) is 11.8 Å². The normalized spacial score (nSPS) is 11.8. The van der Waals surface area contributed by atoms with Crippen molar-refractivity contribution >= 4 is 17.7 Å². The maximum atomic E-state index is 12.1. The summed E-state index contributed by atoms with van der Waals surface area (Å²) in [6.07, 6.45) is 0. The van der Waals surface area contributed by atoms with Gasteiger partial charge in [0.25, 0.3) is 0 Å². The lowest BCUT2D eigenvalue weighted by Gasteiger charge is -2.15. The van der Waals surface area contributed by atoms with Crippen molar-refractivity contribution in [2.45, 2.75) is 32.6 Å². The summed E-state index contributed by atoms with van der Waals surface area (Å²) in [5.74, 6) is 2.24. The van der Waals surface area contributed by atoms with Crippen LogP contribution in [0.1, 0.15) is 36.6 Å². The van der Waals surface area contributed by atoms with Crippen molar-refractivity contribution in [2.75, 3.05) is 12.4 Å². The van der Waals surface area contributed by atoms with E-state index in [4.69, 9.17) is 4.74 Å². The van der Waals surface area contributed by atoms with Crippen molar-refractivity contribution in [3.8, 4) is 5.75 Å². The van der Waals surface area contributed by atoms with Crippen LogP contribution in [0.25, 0.3) is 0 Å². The Kier molecular flexibility index (Phi) is 7.19. The minimum atomic E-state index is -0.00634. The number of ether oxygens (including phenoxy) is 1. The molecule has 3 nitrogen and oxygen atoms in total. The summed E-state index contributed by atoms with van der Waals surface area (Å²) in [6.45, 7) is 6.69. The van der Waals surface area contributed by atoms with Crippen molar-refractivity contribution < 1.29 is 9.53 Å². The first-order valence-electron chi connectivity index (χ1n) is 8.24. The van der Waals surface area contributed by atoms with Crippen LogP contribution in [0, 0.1) is 6.92 Å². The van der Waals surface area contributed by atoms with E-state index in [0.29, 0.717) is 12.4 Å². The molecule has 1 amide bonds. The topological polar surface area (TPSA) is 38.3 Å². The molecule has 1 N–H and O–H groups in total. The van der Waals surface area contributed by atoms with Crippen LogP contribution in [0.3, 0.4) is 0 Å². The highest BCUT2D eigenvalue weighted by atomic mass is 32.2. The van der Waals surface area contributed by atoms with Crippen LogP contribution in [0.4, 0.5) is 0 Å². The Balaban J connectivity index is 1.75. The van der Waals surface area contributed by atoms with Gasteiger partial charge >= 0.3 is 0 Å². The third kappa shape index (κ3) is 5.93. The molecular weight excluding hydrogens is 318 g/mol. The minimum absolute atomic E-state index is 0.00634. The largest absolute Gasteiger partial charge is 0.494 e. The van der Waals surface area contributed by atoms with Crippen molar-refractivity contribution in [3.63, 3.8) is 0 Å². The number of rotatable bonds is 8. The van der Waals surface area contributed by atoms with Gasteiger partial charge in [-0.25, -0.2) is 0 Å². The number of carbonyl (C=O) groups is 1. The van der Waals surface area contributed by atoms with Gasteiger partial charge in [-0.3, -0.25) is 4.79 Å². The second kappa shape index (κ2) is 9.38. The predicted molar refractivity (Wildman–Crippen MR) is 102 cm³/mol. The van der Waals surface area contributed by atoms with E-state index in [1.54, 1.807) is 11.8 Å². The third-order valence-corrected chi connectivity index (χ3v) is 4.69. The molecule has 0 spiro atoms. The Morgan fingerprint density at radius 1 is 1.12 bits per heavy atom. The molecular formula is C20H25NO2S. The standard InChI is InChI=1S/C20H25NO2S/c1-4-23-19-11-9-18(10-12-19)16(3)21-20(22)14-24-13-17-7-5-15(2)6-8-17/h5-12,16H,4,13-14H2,1-3H3,(H,21,22)/t16-/m1/s1. The Bertz CT molecular complexity index is 638. The van der Waals surface area contributed by atoms with Crippen LogP contribution in [0.2, 0.25) is 0 Å². The molecule has 0 saturated carbocycles. The molecule has 0 aliphatic rings. The van der Waals surface area contributed by atoms with Gasteiger partial charge in [-0.1, -0.05) is 42.0 Å². The molecule has 2 aromatic rings. The molecule has 0 heterocycles. The Morgan fingerprint density at radius 3 is 2.42 bits per heavy atom. The Morgan fingerprint density at radius 2 is 1.79 bits per heavy atom. The lowest BCUT2D eigenvalue weighted by molar-refractivity contribution is -0.119. The number of thioether (sulfide) groups is 1. The zero-order chi connectivity index (χ0) is 17.4. The van der Waals surface area contributed by atoms with E-state index in [2.05, 4.69) is 36.5 Å². The molecule has 0 unspecified atom stereocenters. The van der Waals surface area contributed by atoms with Crippen LogP contribution in [0.5, 0.6) is 5.75 Å². The van der Waals surface area contributed by atoms with E-state index in [1.807, 2.05) is 38.1 Å². The Hall–Kier alpha value is -1.94. The number of nitrogens with one attached hydrogen (secondary N) is 1. The molecule has 128 valence electrons. The van der Waals surface area contributed by atoms with Gasteiger partial charge in [0, 0.05) is 5.75 Å². The molecule has 0 aromatic heterocycles. The summed E-state index contributed by atoms with van der Waals surface area (Å²) in [5.41, 5.74) is 3.58. The number of carbonyl (C=O) groups excluding carboxylic acids is 1. The van der Waals surface area contributed by atoms with Gasteiger partial charge in [-0.2, -0.15) is 0 Å².